The minimum atomic E-state index is 0.0984. The van der Waals surface area contributed by atoms with Gasteiger partial charge in [-0.25, -0.2) is 0 Å². The molecule has 0 spiro atoms. The second kappa shape index (κ2) is 8.56. The molecule has 0 aliphatic heterocycles. The highest BCUT2D eigenvalue weighted by Gasteiger charge is 2.30. The Labute approximate surface area is 174 Å². The number of nitrogens with zero attached hydrogens (tertiary/aromatic N) is 3. The van der Waals surface area contributed by atoms with Crippen molar-refractivity contribution < 1.29 is 4.79 Å². The van der Waals surface area contributed by atoms with Crippen molar-refractivity contribution in [1.82, 2.24) is 14.7 Å². The number of hydrogen-bond donors (Lipinski definition) is 0. The van der Waals surface area contributed by atoms with Crippen LogP contribution in [0, 0.1) is 25.7 Å². The summed E-state index contributed by atoms with van der Waals surface area (Å²) >= 11 is 0. The largest absolute Gasteiger partial charge is 0.338 e. The van der Waals surface area contributed by atoms with Gasteiger partial charge >= 0.3 is 0 Å². The third-order valence-electron chi connectivity index (χ3n) is 6.87. The third kappa shape index (κ3) is 4.31. The summed E-state index contributed by atoms with van der Waals surface area (Å²) in [6.07, 6.45) is 10.8. The number of allylic oxidation sites excluding steroid dienone is 2. The number of benzene rings is 1. The van der Waals surface area contributed by atoms with Crippen LogP contribution in [0.5, 0.6) is 0 Å². The second-order valence-electron chi connectivity index (χ2n) is 8.85. The highest BCUT2D eigenvalue weighted by molar-refractivity contribution is 5.79. The van der Waals surface area contributed by atoms with Crippen molar-refractivity contribution in [3.63, 3.8) is 0 Å². The number of fused-ring (bicyclic) bond motifs is 1. The number of aryl methyl sites for hydroxylation is 3. The maximum atomic E-state index is 13.7. The minimum Gasteiger partial charge on any atom is -0.338 e. The van der Waals surface area contributed by atoms with Crippen molar-refractivity contribution in [3.05, 3.63) is 64.5 Å². The number of hydrogen-bond acceptors (Lipinski definition) is 2. The van der Waals surface area contributed by atoms with E-state index in [2.05, 4.69) is 60.3 Å². The molecule has 1 aromatic carbocycles. The summed E-state index contributed by atoms with van der Waals surface area (Å²) < 4.78 is 1.94. The van der Waals surface area contributed by atoms with Gasteiger partial charge < -0.3 is 4.90 Å². The summed E-state index contributed by atoms with van der Waals surface area (Å²) in [6, 6.07) is 8.61. The lowest BCUT2D eigenvalue weighted by Gasteiger charge is -2.33. The fourth-order valence-electron chi connectivity index (χ4n) is 4.97. The maximum absolute atomic E-state index is 13.7. The number of aromatic nitrogens is 2. The average molecular weight is 392 g/mol. The Balaban J connectivity index is 1.55. The summed E-state index contributed by atoms with van der Waals surface area (Å²) in [4.78, 5) is 15.8. The first-order valence-corrected chi connectivity index (χ1v) is 11.0. The fourth-order valence-corrected chi connectivity index (χ4v) is 4.97. The number of rotatable bonds is 5. The van der Waals surface area contributed by atoms with Gasteiger partial charge in [0.25, 0.3) is 0 Å². The Morgan fingerprint density at radius 2 is 1.97 bits per heavy atom. The SMILES string of the molecule is Cc1nn(C)c(C)c1CN(C[C@@H]1CC=CCC1)C(=O)[C@H]1CCc2ccccc2C1. The number of amides is 1. The molecule has 1 aromatic heterocycles. The minimum absolute atomic E-state index is 0.0984. The van der Waals surface area contributed by atoms with Gasteiger partial charge in [0.05, 0.1) is 5.69 Å². The number of carbonyl (C=O) groups is 1. The number of carbonyl (C=O) groups excluding carboxylic acids is 1. The molecular formula is C25H33N3O. The van der Waals surface area contributed by atoms with Crippen LogP contribution in [0.3, 0.4) is 0 Å². The van der Waals surface area contributed by atoms with Gasteiger partial charge in [-0.05, 0) is 69.4 Å². The van der Waals surface area contributed by atoms with Crippen LogP contribution in [-0.2, 0) is 31.2 Å². The van der Waals surface area contributed by atoms with Crippen LogP contribution >= 0.6 is 0 Å². The molecule has 4 heteroatoms. The first kappa shape index (κ1) is 19.9. The zero-order valence-electron chi connectivity index (χ0n) is 18.0. The normalized spacial score (nSPS) is 21.1. The molecule has 1 amide bonds. The first-order valence-electron chi connectivity index (χ1n) is 11.0. The maximum Gasteiger partial charge on any atom is 0.226 e. The van der Waals surface area contributed by atoms with Crippen LogP contribution in [-0.4, -0.2) is 27.1 Å². The van der Waals surface area contributed by atoms with Gasteiger partial charge in [0, 0.05) is 37.3 Å². The summed E-state index contributed by atoms with van der Waals surface area (Å²) in [6.45, 7) is 5.71. The zero-order valence-corrected chi connectivity index (χ0v) is 18.0. The molecule has 0 radical (unpaired) electrons. The molecule has 29 heavy (non-hydrogen) atoms. The molecule has 0 bridgehead atoms. The molecule has 4 rings (SSSR count). The quantitative estimate of drug-likeness (QED) is 0.703. The molecule has 1 heterocycles. The van der Waals surface area contributed by atoms with Gasteiger partial charge in [-0.3, -0.25) is 9.48 Å². The molecule has 2 atom stereocenters. The highest BCUT2D eigenvalue weighted by atomic mass is 16.2. The summed E-state index contributed by atoms with van der Waals surface area (Å²) in [5, 5.41) is 4.58. The van der Waals surface area contributed by atoms with Crippen LogP contribution in [0.4, 0.5) is 0 Å². The molecule has 0 N–H and O–H groups in total. The van der Waals surface area contributed by atoms with Crippen molar-refractivity contribution in [2.75, 3.05) is 6.54 Å². The van der Waals surface area contributed by atoms with Crippen molar-refractivity contribution in [1.29, 1.82) is 0 Å². The molecule has 0 fully saturated rings. The summed E-state index contributed by atoms with van der Waals surface area (Å²) in [5.74, 6) is 0.995. The van der Waals surface area contributed by atoms with Crippen molar-refractivity contribution in [2.45, 2.75) is 58.9 Å². The lowest BCUT2D eigenvalue weighted by molar-refractivity contribution is -0.137. The molecule has 2 aliphatic carbocycles. The lowest BCUT2D eigenvalue weighted by atomic mass is 9.83. The monoisotopic (exact) mass is 391 g/mol. The van der Waals surface area contributed by atoms with Crippen LogP contribution in [0.15, 0.2) is 36.4 Å². The molecular weight excluding hydrogens is 358 g/mol. The summed E-state index contributed by atoms with van der Waals surface area (Å²) in [7, 11) is 1.99. The van der Waals surface area contributed by atoms with Gasteiger partial charge in [-0.15, -0.1) is 0 Å². The van der Waals surface area contributed by atoms with E-state index in [9.17, 15) is 4.79 Å². The van der Waals surface area contributed by atoms with E-state index in [1.165, 1.54) is 23.1 Å². The average Bonchev–Trinajstić information content (AvgIpc) is 2.99. The van der Waals surface area contributed by atoms with Gasteiger partial charge in [0.2, 0.25) is 5.91 Å². The molecule has 154 valence electrons. The summed E-state index contributed by atoms with van der Waals surface area (Å²) in [5.41, 5.74) is 6.19. The molecule has 4 nitrogen and oxygen atoms in total. The third-order valence-corrected chi connectivity index (χ3v) is 6.87. The Kier molecular flexibility index (Phi) is 5.89. The van der Waals surface area contributed by atoms with E-state index < -0.39 is 0 Å². The van der Waals surface area contributed by atoms with E-state index in [0.29, 0.717) is 18.4 Å². The van der Waals surface area contributed by atoms with E-state index in [4.69, 9.17) is 0 Å². The van der Waals surface area contributed by atoms with Crippen LogP contribution in [0.1, 0.15) is 53.8 Å². The Morgan fingerprint density at radius 3 is 2.66 bits per heavy atom. The van der Waals surface area contributed by atoms with Crippen LogP contribution in [0.25, 0.3) is 0 Å². The van der Waals surface area contributed by atoms with Gasteiger partial charge in [-0.2, -0.15) is 5.10 Å². The van der Waals surface area contributed by atoms with E-state index in [1.54, 1.807) is 0 Å². The lowest BCUT2D eigenvalue weighted by Crippen LogP contribution is -2.41. The predicted molar refractivity (Wildman–Crippen MR) is 117 cm³/mol. The standard InChI is InChI=1S/C25H33N3O/c1-18-24(19(2)27(3)26-18)17-28(16-20-9-5-4-6-10-20)25(29)23-14-13-21-11-7-8-12-22(21)15-23/h4-5,7-8,11-12,20,23H,6,9-10,13-17H2,1-3H3/t20-,23+/m1/s1. The second-order valence-corrected chi connectivity index (χ2v) is 8.85. The predicted octanol–water partition coefficient (Wildman–Crippen LogP) is 4.53. The van der Waals surface area contributed by atoms with E-state index in [1.807, 2.05) is 11.7 Å². The topological polar surface area (TPSA) is 38.1 Å². The first-order chi connectivity index (χ1) is 14.0. The van der Waals surface area contributed by atoms with Crippen molar-refractivity contribution in [3.8, 4) is 0 Å². The highest BCUT2D eigenvalue weighted by Crippen LogP contribution is 2.29. The zero-order chi connectivity index (χ0) is 20.4. The van der Waals surface area contributed by atoms with Gasteiger partial charge in [0.1, 0.15) is 0 Å². The van der Waals surface area contributed by atoms with E-state index >= 15 is 0 Å². The van der Waals surface area contributed by atoms with Gasteiger partial charge in [-0.1, -0.05) is 36.4 Å². The van der Waals surface area contributed by atoms with E-state index in [0.717, 1.165) is 50.0 Å². The Bertz CT molecular complexity index is 911. The Hall–Kier alpha value is -2.36. The molecule has 0 saturated carbocycles. The van der Waals surface area contributed by atoms with Gasteiger partial charge in [0.15, 0.2) is 0 Å². The van der Waals surface area contributed by atoms with Crippen molar-refractivity contribution >= 4 is 5.91 Å². The molecule has 2 aromatic rings. The molecule has 2 aliphatic rings. The smallest absolute Gasteiger partial charge is 0.226 e. The van der Waals surface area contributed by atoms with Crippen molar-refractivity contribution in [2.24, 2.45) is 18.9 Å². The molecule has 0 saturated heterocycles. The Morgan fingerprint density at radius 1 is 1.17 bits per heavy atom. The van der Waals surface area contributed by atoms with Crippen LogP contribution < -0.4 is 0 Å². The van der Waals surface area contributed by atoms with Crippen LogP contribution in [0.2, 0.25) is 0 Å². The fraction of sp³-hybridized carbons (Fsp3) is 0.520. The van der Waals surface area contributed by atoms with E-state index in [-0.39, 0.29) is 5.92 Å². The molecule has 0 unspecified atom stereocenters.